The highest BCUT2D eigenvalue weighted by molar-refractivity contribution is 9.15. The number of halogens is 1. The zero-order valence-corrected chi connectivity index (χ0v) is 7.76. The Morgan fingerprint density at radius 3 is 2.82 bits per heavy atom. The number of hydrogen-bond acceptors (Lipinski definition) is 0. The molecule has 1 aliphatic carbocycles. The molecule has 0 unspecified atom stereocenters. The number of rotatable bonds is 0. The number of aryl methyl sites for hydroxylation is 1. The van der Waals surface area contributed by atoms with Gasteiger partial charge in [-0.05, 0) is 24.0 Å². The normalized spacial score (nSPS) is 15.5. The van der Waals surface area contributed by atoms with Crippen molar-refractivity contribution in [3.05, 3.63) is 41.5 Å². The molecule has 11 heavy (non-hydrogen) atoms. The Balaban J connectivity index is 2.56. The van der Waals surface area contributed by atoms with Crippen LogP contribution in [-0.2, 0) is 6.42 Å². The van der Waals surface area contributed by atoms with Crippen molar-refractivity contribution in [1.82, 2.24) is 0 Å². The summed E-state index contributed by atoms with van der Waals surface area (Å²) in [5.41, 5.74) is 2.82. The molecule has 0 N–H and O–H groups in total. The van der Waals surface area contributed by atoms with Gasteiger partial charge >= 0.3 is 0 Å². The van der Waals surface area contributed by atoms with Crippen LogP contribution in [0.5, 0.6) is 0 Å². The van der Waals surface area contributed by atoms with Gasteiger partial charge in [0.25, 0.3) is 0 Å². The molecule has 0 spiro atoms. The van der Waals surface area contributed by atoms with Crippen LogP contribution in [0.1, 0.15) is 17.5 Å². The van der Waals surface area contributed by atoms with Crippen molar-refractivity contribution >= 4 is 20.4 Å². The third-order valence-electron chi connectivity index (χ3n) is 2.01. The van der Waals surface area contributed by atoms with Crippen molar-refractivity contribution in [2.45, 2.75) is 12.8 Å². The molecule has 1 aromatic carbocycles. The topological polar surface area (TPSA) is 0 Å². The third kappa shape index (κ3) is 1.25. The molecule has 2 rings (SSSR count). The highest BCUT2D eigenvalue weighted by Gasteiger charge is 2.07. The quantitative estimate of drug-likeness (QED) is 0.614. The molecule has 0 aromatic heterocycles. The van der Waals surface area contributed by atoms with Gasteiger partial charge in [-0.2, -0.15) is 0 Å². The fourth-order valence-corrected chi connectivity index (χ4v) is 2.05. The molecule has 0 aliphatic heterocycles. The molecule has 0 amide bonds. The molecular formula is C10H9Br. The van der Waals surface area contributed by atoms with Gasteiger partial charge in [-0.3, -0.25) is 0 Å². The lowest BCUT2D eigenvalue weighted by molar-refractivity contribution is 0.984. The smallest absolute Gasteiger partial charge is 0.0210 e. The molecule has 1 heteroatoms. The molecule has 0 atom stereocenters. The van der Waals surface area contributed by atoms with E-state index in [0.717, 1.165) is 6.42 Å². The van der Waals surface area contributed by atoms with Crippen LogP contribution in [0.4, 0.5) is 0 Å². The van der Waals surface area contributed by atoms with E-state index >= 15 is 0 Å². The molecule has 0 heterocycles. The van der Waals surface area contributed by atoms with Crippen LogP contribution in [-0.4, -0.2) is 0 Å². The first-order valence-corrected chi connectivity index (χ1v) is 4.61. The molecule has 1 aliphatic rings. The van der Waals surface area contributed by atoms with Crippen LogP contribution in [0.3, 0.4) is 0 Å². The lowest BCUT2D eigenvalue weighted by atomic mass is 9.98. The maximum Gasteiger partial charge on any atom is 0.0210 e. The van der Waals surface area contributed by atoms with Crippen molar-refractivity contribution in [3.63, 3.8) is 0 Å². The Bertz CT molecular complexity index is 299. The second-order valence-electron chi connectivity index (χ2n) is 2.75. The van der Waals surface area contributed by atoms with Crippen molar-refractivity contribution in [2.75, 3.05) is 0 Å². The summed E-state index contributed by atoms with van der Waals surface area (Å²) >= 11 is 3.55. The zero-order chi connectivity index (χ0) is 7.68. The first kappa shape index (κ1) is 7.11. The number of allylic oxidation sites excluding steroid dienone is 1. The summed E-state index contributed by atoms with van der Waals surface area (Å²) in [4.78, 5) is 0. The van der Waals surface area contributed by atoms with Gasteiger partial charge in [0.15, 0.2) is 0 Å². The van der Waals surface area contributed by atoms with Crippen LogP contribution in [0.25, 0.3) is 4.48 Å². The molecule has 0 fully saturated rings. The lowest BCUT2D eigenvalue weighted by Gasteiger charge is -2.12. The first-order valence-electron chi connectivity index (χ1n) is 3.82. The fourth-order valence-electron chi connectivity index (χ4n) is 1.44. The molecule has 56 valence electrons. The monoisotopic (exact) mass is 208 g/mol. The predicted octanol–water partition coefficient (Wildman–Crippen LogP) is 3.37. The predicted molar refractivity (Wildman–Crippen MR) is 51.7 cm³/mol. The van der Waals surface area contributed by atoms with Gasteiger partial charge in [0, 0.05) is 4.48 Å². The van der Waals surface area contributed by atoms with E-state index in [4.69, 9.17) is 0 Å². The minimum absolute atomic E-state index is 1.16. The second kappa shape index (κ2) is 2.82. The summed E-state index contributed by atoms with van der Waals surface area (Å²) in [6, 6.07) is 8.54. The van der Waals surface area contributed by atoms with E-state index in [2.05, 4.69) is 46.3 Å². The van der Waals surface area contributed by atoms with E-state index in [-0.39, 0.29) is 0 Å². The summed E-state index contributed by atoms with van der Waals surface area (Å²) < 4.78 is 1.25. The highest BCUT2D eigenvalue weighted by Crippen LogP contribution is 2.29. The SMILES string of the molecule is BrC1=CCCc2ccccc21. The van der Waals surface area contributed by atoms with Crippen LogP contribution < -0.4 is 0 Å². The zero-order valence-electron chi connectivity index (χ0n) is 6.18. The Morgan fingerprint density at radius 2 is 2.00 bits per heavy atom. The maximum atomic E-state index is 3.55. The van der Waals surface area contributed by atoms with E-state index < -0.39 is 0 Å². The van der Waals surface area contributed by atoms with Crippen molar-refractivity contribution in [2.24, 2.45) is 0 Å². The molecule has 0 saturated heterocycles. The number of hydrogen-bond donors (Lipinski definition) is 0. The van der Waals surface area contributed by atoms with Gasteiger partial charge in [-0.25, -0.2) is 0 Å². The molecular weight excluding hydrogens is 200 g/mol. The molecule has 1 aromatic rings. The van der Waals surface area contributed by atoms with E-state index in [1.165, 1.54) is 22.0 Å². The highest BCUT2D eigenvalue weighted by atomic mass is 79.9. The van der Waals surface area contributed by atoms with Crippen LogP contribution in [0, 0.1) is 0 Å². The maximum absolute atomic E-state index is 3.55. The van der Waals surface area contributed by atoms with Crippen molar-refractivity contribution in [1.29, 1.82) is 0 Å². The minimum Gasteiger partial charge on any atom is -0.0693 e. The summed E-state index contributed by atoms with van der Waals surface area (Å²) in [6.07, 6.45) is 4.59. The summed E-state index contributed by atoms with van der Waals surface area (Å²) in [6.45, 7) is 0. The van der Waals surface area contributed by atoms with Gasteiger partial charge in [-0.15, -0.1) is 0 Å². The van der Waals surface area contributed by atoms with E-state index in [1.807, 2.05) is 0 Å². The second-order valence-corrected chi connectivity index (χ2v) is 3.60. The van der Waals surface area contributed by atoms with Gasteiger partial charge in [0.05, 0.1) is 0 Å². The Labute approximate surface area is 75.1 Å². The van der Waals surface area contributed by atoms with Crippen molar-refractivity contribution in [3.8, 4) is 0 Å². The average molecular weight is 209 g/mol. The Kier molecular flexibility index (Phi) is 1.82. The number of fused-ring (bicyclic) bond motifs is 1. The van der Waals surface area contributed by atoms with Crippen molar-refractivity contribution < 1.29 is 0 Å². The summed E-state index contributed by atoms with van der Waals surface area (Å²) in [7, 11) is 0. The summed E-state index contributed by atoms with van der Waals surface area (Å²) in [5, 5.41) is 0. The number of benzene rings is 1. The van der Waals surface area contributed by atoms with Gasteiger partial charge in [0.1, 0.15) is 0 Å². The standard InChI is InChI=1S/C10H9Br/c11-10-7-3-5-8-4-1-2-6-9(8)10/h1-2,4,6-7H,3,5H2. The fraction of sp³-hybridized carbons (Fsp3) is 0.200. The van der Waals surface area contributed by atoms with E-state index in [0.29, 0.717) is 0 Å². The largest absolute Gasteiger partial charge is 0.0693 e. The molecule has 0 saturated carbocycles. The van der Waals surface area contributed by atoms with Gasteiger partial charge in [-0.1, -0.05) is 46.3 Å². The average Bonchev–Trinajstić information content (AvgIpc) is 2.06. The first-order chi connectivity index (χ1) is 5.38. The Morgan fingerprint density at radius 1 is 1.18 bits per heavy atom. The lowest BCUT2D eigenvalue weighted by Crippen LogP contribution is -1.94. The summed E-state index contributed by atoms with van der Waals surface area (Å²) in [5.74, 6) is 0. The molecule has 0 radical (unpaired) electrons. The van der Waals surface area contributed by atoms with E-state index in [9.17, 15) is 0 Å². The van der Waals surface area contributed by atoms with Crippen LogP contribution in [0.15, 0.2) is 30.3 Å². The molecule has 0 bridgehead atoms. The van der Waals surface area contributed by atoms with Gasteiger partial charge in [0.2, 0.25) is 0 Å². The minimum atomic E-state index is 1.16. The third-order valence-corrected chi connectivity index (χ3v) is 2.76. The van der Waals surface area contributed by atoms with Gasteiger partial charge < -0.3 is 0 Å². The van der Waals surface area contributed by atoms with E-state index in [1.54, 1.807) is 0 Å². The van der Waals surface area contributed by atoms with Crippen LogP contribution in [0.2, 0.25) is 0 Å². The molecule has 0 nitrogen and oxygen atoms in total. The Hall–Kier alpha value is -0.560. The van der Waals surface area contributed by atoms with Crippen LogP contribution >= 0.6 is 15.9 Å².